The van der Waals surface area contributed by atoms with Crippen molar-refractivity contribution in [2.45, 2.75) is 0 Å². The van der Waals surface area contributed by atoms with Crippen molar-refractivity contribution in [3.05, 3.63) is 35.0 Å². The van der Waals surface area contributed by atoms with Gasteiger partial charge >= 0.3 is 0 Å². The summed E-state index contributed by atoms with van der Waals surface area (Å²) < 4.78 is 0. The molecule has 3 amide bonds. The second-order valence-electron chi connectivity index (χ2n) is 6.69. The topological polar surface area (TPSA) is 112 Å². The van der Waals surface area contributed by atoms with Gasteiger partial charge in [-0.2, -0.15) is 0 Å². The van der Waals surface area contributed by atoms with Gasteiger partial charge in [0.2, 0.25) is 11.8 Å². The summed E-state index contributed by atoms with van der Waals surface area (Å²) in [5, 5.41) is 4.14. The van der Waals surface area contributed by atoms with Crippen LogP contribution >= 0.6 is 47.5 Å². The van der Waals surface area contributed by atoms with Crippen LogP contribution in [0.25, 0.3) is 10.9 Å². The third kappa shape index (κ3) is 7.21. The van der Waals surface area contributed by atoms with Crippen molar-refractivity contribution in [3.63, 3.8) is 0 Å². The largest absolute Gasteiger partial charge is 0.351 e. The Balaban J connectivity index is 0.000000289. The first kappa shape index (κ1) is 25.7. The molecule has 4 rings (SSSR count). The summed E-state index contributed by atoms with van der Waals surface area (Å²) in [6, 6.07) is 7.10. The standard InChI is InChI=1S/C14H14ClN3O2S.C5H10N2OS.ClH/c15-10-1-2-11-9(5-10)6-12(17-11)14(20)16-7-13(19)18-3-4-21-8-18;6-3-5(8)7-1-2-9-4-7;/h1-2,5-6,17H,3-4,7-8H2,(H,16,20);1-4,6H2;1H. The van der Waals surface area contributed by atoms with Crippen molar-refractivity contribution in [1.82, 2.24) is 20.1 Å². The number of hydrogen-bond acceptors (Lipinski definition) is 6. The van der Waals surface area contributed by atoms with E-state index in [2.05, 4.69) is 10.3 Å². The molecule has 4 N–H and O–H groups in total. The zero-order chi connectivity index (χ0) is 21.5. The number of carbonyl (C=O) groups is 3. The Morgan fingerprint density at radius 1 is 1.06 bits per heavy atom. The number of H-pyrrole nitrogens is 1. The molecule has 8 nitrogen and oxygen atoms in total. The molecule has 2 aromatic rings. The summed E-state index contributed by atoms with van der Waals surface area (Å²) in [5.41, 5.74) is 6.42. The molecule has 2 fully saturated rings. The van der Waals surface area contributed by atoms with E-state index in [1.54, 1.807) is 51.5 Å². The van der Waals surface area contributed by atoms with Gasteiger partial charge in [-0.15, -0.1) is 35.9 Å². The normalized spacial score (nSPS) is 15.3. The number of amides is 3. The van der Waals surface area contributed by atoms with E-state index >= 15 is 0 Å². The Kier molecular flexibility index (Phi) is 10.3. The van der Waals surface area contributed by atoms with E-state index in [-0.39, 0.29) is 43.2 Å². The molecule has 0 bridgehead atoms. The van der Waals surface area contributed by atoms with Gasteiger partial charge in [-0.25, -0.2) is 0 Å². The molecule has 31 heavy (non-hydrogen) atoms. The van der Waals surface area contributed by atoms with Crippen molar-refractivity contribution in [1.29, 1.82) is 0 Å². The van der Waals surface area contributed by atoms with Crippen LogP contribution in [0.5, 0.6) is 0 Å². The van der Waals surface area contributed by atoms with Crippen LogP contribution in [0.15, 0.2) is 24.3 Å². The van der Waals surface area contributed by atoms with Crippen LogP contribution in [-0.2, 0) is 9.59 Å². The van der Waals surface area contributed by atoms with Crippen LogP contribution in [-0.4, -0.2) is 81.9 Å². The van der Waals surface area contributed by atoms with Crippen LogP contribution in [0.1, 0.15) is 10.5 Å². The molecule has 170 valence electrons. The zero-order valence-corrected chi connectivity index (χ0v) is 20.0. The first-order valence-electron chi connectivity index (χ1n) is 9.45. The Morgan fingerprint density at radius 3 is 2.29 bits per heavy atom. The minimum Gasteiger partial charge on any atom is -0.351 e. The lowest BCUT2D eigenvalue weighted by atomic mass is 10.2. The molecule has 0 radical (unpaired) electrons. The van der Waals surface area contributed by atoms with Crippen LogP contribution < -0.4 is 11.1 Å². The first-order valence-corrected chi connectivity index (χ1v) is 12.1. The summed E-state index contributed by atoms with van der Waals surface area (Å²) in [6.45, 7) is 1.81. The summed E-state index contributed by atoms with van der Waals surface area (Å²) in [7, 11) is 0. The molecule has 2 aliphatic rings. The van der Waals surface area contributed by atoms with Crippen molar-refractivity contribution in [3.8, 4) is 0 Å². The number of aromatic amines is 1. The highest BCUT2D eigenvalue weighted by Crippen LogP contribution is 2.20. The Hall–Kier alpha value is -1.59. The van der Waals surface area contributed by atoms with Crippen molar-refractivity contribution < 1.29 is 14.4 Å². The zero-order valence-electron chi connectivity index (χ0n) is 16.8. The van der Waals surface area contributed by atoms with Gasteiger partial charge in [0.15, 0.2) is 0 Å². The fraction of sp³-hybridized carbons (Fsp3) is 0.421. The Bertz CT molecular complexity index is 915. The van der Waals surface area contributed by atoms with Crippen molar-refractivity contribution in [2.75, 3.05) is 49.4 Å². The molecule has 1 aromatic heterocycles. The number of aromatic nitrogens is 1. The van der Waals surface area contributed by atoms with E-state index in [9.17, 15) is 14.4 Å². The maximum absolute atomic E-state index is 12.1. The third-order valence-electron chi connectivity index (χ3n) is 4.61. The van der Waals surface area contributed by atoms with Gasteiger partial charge in [0.25, 0.3) is 5.91 Å². The van der Waals surface area contributed by atoms with Gasteiger partial charge in [-0.1, -0.05) is 11.6 Å². The molecule has 0 spiro atoms. The lowest BCUT2D eigenvalue weighted by Gasteiger charge is -2.14. The van der Waals surface area contributed by atoms with Gasteiger partial charge in [0, 0.05) is 40.5 Å². The van der Waals surface area contributed by atoms with E-state index in [4.69, 9.17) is 17.3 Å². The molecular formula is C19H25Cl2N5O3S2. The number of nitrogens with two attached hydrogens (primary N) is 1. The third-order valence-corrected chi connectivity index (χ3v) is 6.78. The number of nitrogens with one attached hydrogen (secondary N) is 2. The smallest absolute Gasteiger partial charge is 0.268 e. The van der Waals surface area contributed by atoms with E-state index in [1.165, 1.54) is 0 Å². The fourth-order valence-corrected chi connectivity index (χ4v) is 5.06. The van der Waals surface area contributed by atoms with E-state index in [0.717, 1.165) is 41.4 Å². The number of hydrogen-bond donors (Lipinski definition) is 3. The lowest BCUT2D eigenvalue weighted by molar-refractivity contribution is -0.129. The summed E-state index contributed by atoms with van der Waals surface area (Å²) in [5.74, 6) is 3.29. The highest BCUT2D eigenvalue weighted by atomic mass is 35.5. The summed E-state index contributed by atoms with van der Waals surface area (Å²) in [6.07, 6.45) is 0. The van der Waals surface area contributed by atoms with Gasteiger partial charge in [0.1, 0.15) is 5.69 Å². The Labute approximate surface area is 200 Å². The van der Waals surface area contributed by atoms with Crippen LogP contribution in [0, 0.1) is 0 Å². The van der Waals surface area contributed by atoms with Crippen LogP contribution in [0.4, 0.5) is 0 Å². The number of fused-ring (bicyclic) bond motifs is 1. The average Bonchev–Trinajstić information content (AvgIpc) is 3.52. The fourth-order valence-electron chi connectivity index (χ4n) is 2.94. The second-order valence-corrected chi connectivity index (χ2v) is 9.28. The quantitative estimate of drug-likeness (QED) is 0.585. The summed E-state index contributed by atoms with van der Waals surface area (Å²) in [4.78, 5) is 41.3. The van der Waals surface area contributed by atoms with Crippen LogP contribution in [0.2, 0.25) is 5.02 Å². The molecule has 1 aromatic carbocycles. The second kappa shape index (κ2) is 12.4. The number of thioether (sulfide) groups is 2. The SMILES string of the molecule is Cl.NCC(=O)N1CCSC1.O=C(NCC(=O)N1CCSC1)c1cc2cc(Cl)ccc2[nH]1. The van der Waals surface area contributed by atoms with Gasteiger partial charge in [-0.3, -0.25) is 14.4 Å². The molecule has 2 saturated heterocycles. The van der Waals surface area contributed by atoms with E-state index < -0.39 is 0 Å². The number of nitrogens with zero attached hydrogens (tertiary/aromatic N) is 2. The summed E-state index contributed by atoms with van der Waals surface area (Å²) >= 11 is 9.41. The lowest BCUT2D eigenvalue weighted by Crippen LogP contribution is -2.38. The molecular weight excluding hydrogens is 481 g/mol. The monoisotopic (exact) mass is 505 g/mol. The molecule has 3 heterocycles. The number of halogens is 2. The number of rotatable bonds is 4. The van der Waals surface area contributed by atoms with Crippen molar-refractivity contribution >= 4 is 76.2 Å². The molecule has 2 aliphatic heterocycles. The first-order chi connectivity index (χ1) is 14.5. The maximum atomic E-state index is 12.1. The van der Waals surface area contributed by atoms with E-state index in [1.807, 2.05) is 6.07 Å². The predicted octanol–water partition coefficient (Wildman–Crippen LogP) is 1.98. The molecule has 0 unspecified atom stereocenters. The van der Waals surface area contributed by atoms with Crippen molar-refractivity contribution in [2.24, 2.45) is 5.73 Å². The molecule has 12 heteroatoms. The van der Waals surface area contributed by atoms with Gasteiger partial charge in [0.05, 0.1) is 24.8 Å². The minimum absolute atomic E-state index is 0. The van der Waals surface area contributed by atoms with Gasteiger partial charge in [-0.05, 0) is 24.3 Å². The van der Waals surface area contributed by atoms with Gasteiger partial charge < -0.3 is 25.8 Å². The van der Waals surface area contributed by atoms with E-state index in [0.29, 0.717) is 16.6 Å². The number of carbonyl (C=O) groups excluding carboxylic acids is 3. The molecule has 0 saturated carbocycles. The minimum atomic E-state index is -0.289. The predicted molar refractivity (Wildman–Crippen MR) is 130 cm³/mol. The average molecular weight is 506 g/mol. The highest BCUT2D eigenvalue weighted by molar-refractivity contribution is 7.99. The Morgan fingerprint density at radius 2 is 1.71 bits per heavy atom. The number of benzene rings is 1. The molecule has 0 atom stereocenters. The highest BCUT2D eigenvalue weighted by Gasteiger charge is 2.19. The van der Waals surface area contributed by atoms with Crippen LogP contribution in [0.3, 0.4) is 0 Å². The molecule has 0 aliphatic carbocycles. The maximum Gasteiger partial charge on any atom is 0.268 e.